The van der Waals surface area contributed by atoms with Gasteiger partial charge < -0.3 is 19.5 Å². The lowest BCUT2D eigenvalue weighted by molar-refractivity contribution is -0.122. The minimum absolute atomic E-state index is 0.0590. The van der Waals surface area contributed by atoms with Crippen LogP contribution in [0.3, 0.4) is 0 Å². The maximum absolute atomic E-state index is 13.5. The number of benzene rings is 3. The van der Waals surface area contributed by atoms with Gasteiger partial charge in [0.05, 0.1) is 36.4 Å². The number of sulfonamides is 1. The van der Waals surface area contributed by atoms with Crippen LogP contribution in [-0.2, 0) is 19.6 Å². The fourth-order valence-electron chi connectivity index (χ4n) is 3.57. The standard InChI is InChI=1S/C25H24N2O7S/c1-3-33-25(29)17-8-10-18(11-9-17)26-24(28)23-16-27(21-6-4-5-7-22(21)34-23)35(30,31)20-14-12-19(32-2)13-15-20/h4-15,23H,3,16H2,1-2H3,(H,26,28). The number of methoxy groups -OCH3 is 1. The lowest BCUT2D eigenvalue weighted by atomic mass is 10.2. The second-order valence-electron chi connectivity index (χ2n) is 7.57. The average Bonchev–Trinajstić information content (AvgIpc) is 2.88. The predicted octanol–water partition coefficient (Wildman–Crippen LogP) is 3.47. The Bertz CT molecular complexity index is 1320. The van der Waals surface area contributed by atoms with Crippen LogP contribution in [0.5, 0.6) is 11.5 Å². The van der Waals surface area contributed by atoms with Crippen molar-refractivity contribution in [2.45, 2.75) is 17.9 Å². The summed E-state index contributed by atoms with van der Waals surface area (Å²) in [5, 5.41) is 2.71. The fraction of sp³-hybridized carbons (Fsp3) is 0.200. The predicted molar refractivity (Wildman–Crippen MR) is 129 cm³/mol. The van der Waals surface area contributed by atoms with Gasteiger partial charge in [0.15, 0.2) is 6.10 Å². The Labute approximate surface area is 203 Å². The first kappa shape index (κ1) is 24.1. The van der Waals surface area contributed by atoms with Crippen molar-refractivity contribution in [3.05, 3.63) is 78.4 Å². The molecule has 0 radical (unpaired) electrons. The van der Waals surface area contributed by atoms with E-state index in [2.05, 4.69) is 5.32 Å². The molecule has 1 amide bonds. The molecule has 4 rings (SSSR count). The van der Waals surface area contributed by atoms with Crippen LogP contribution in [0.4, 0.5) is 11.4 Å². The lowest BCUT2D eigenvalue weighted by Gasteiger charge is -2.34. The van der Waals surface area contributed by atoms with Gasteiger partial charge in [0.2, 0.25) is 0 Å². The van der Waals surface area contributed by atoms with Crippen molar-refractivity contribution in [3.8, 4) is 11.5 Å². The number of para-hydroxylation sites is 2. The van der Waals surface area contributed by atoms with Crippen LogP contribution in [0, 0.1) is 0 Å². The number of anilines is 2. The molecule has 1 N–H and O–H groups in total. The van der Waals surface area contributed by atoms with Crippen molar-refractivity contribution in [2.75, 3.05) is 29.9 Å². The summed E-state index contributed by atoms with van der Waals surface area (Å²) in [6.45, 7) is 1.75. The number of amides is 1. The van der Waals surface area contributed by atoms with Gasteiger partial charge in [-0.2, -0.15) is 0 Å². The number of hydrogen-bond acceptors (Lipinski definition) is 7. The molecule has 1 unspecified atom stereocenters. The van der Waals surface area contributed by atoms with Crippen molar-refractivity contribution < 1.29 is 32.2 Å². The highest BCUT2D eigenvalue weighted by Gasteiger charge is 2.37. The molecule has 182 valence electrons. The van der Waals surface area contributed by atoms with E-state index in [4.69, 9.17) is 14.2 Å². The topological polar surface area (TPSA) is 111 Å². The zero-order valence-electron chi connectivity index (χ0n) is 19.1. The van der Waals surface area contributed by atoms with Crippen LogP contribution in [0.1, 0.15) is 17.3 Å². The molecule has 1 heterocycles. The lowest BCUT2D eigenvalue weighted by Crippen LogP contribution is -2.48. The third kappa shape index (κ3) is 5.07. The highest BCUT2D eigenvalue weighted by molar-refractivity contribution is 7.92. The molecule has 10 heteroatoms. The molecule has 0 fully saturated rings. The van der Waals surface area contributed by atoms with Gasteiger partial charge in [-0.15, -0.1) is 0 Å². The largest absolute Gasteiger partial charge is 0.497 e. The van der Waals surface area contributed by atoms with E-state index in [0.717, 1.165) is 0 Å². The number of hydrogen-bond donors (Lipinski definition) is 1. The SMILES string of the molecule is CCOC(=O)c1ccc(NC(=O)C2CN(S(=O)(=O)c3ccc(OC)cc3)c3ccccc3O2)cc1. The Hall–Kier alpha value is -4.05. The third-order valence-corrected chi connectivity index (χ3v) is 7.13. The number of carbonyl (C=O) groups excluding carboxylic acids is 2. The van der Waals surface area contributed by atoms with Gasteiger partial charge >= 0.3 is 5.97 Å². The molecule has 9 nitrogen and oxygen atoms in total. The van der Waals surface area contributed by atoms with Crippen LogP contribution in [0.15, 0.2) is 77.7 Å². The number of esters is 1. The van der Waals surface area contributed by atoms with Crippen LogP contribution in [0.25, 0.3) is 0 Å². The summed E-state index contributed by atoms with van der Waals surface area (Å²) < 4.78 is 44.1. The maximum Gasteiger partial charge on any atom is 0.338 e. The van der Waals surface area contributed by atoms with E-state index >= 15 is 0 Å². The molecule has 0 saturated heterocycles. The number of carbonyl (C=O) groups is 2. The van der Waals surface area contributed by atoms with E-state index in [1.807, 2.05) is 0 Å². The molecule has 0 aliphatic carbocycles. The van der Waals surface area contributed by atoms with Gasteiger partial charge in [-0.25, -0.2) is 13.2 Å². The molecular formula is C25H24N2O7S. The van der Waals surface area contributed by atoms with Crippen LogP contribution >= 0.6 is 0 Å². The number of ether oxygens (including phenoxy) is 3. The van der Waals surface area contributed by atoms with E-state index in [1.165, 1.54) is 35.7 Å². The summed E-state index contributed by atoms with van der Waals surface area (Å²) in [5.41, 5.74) is 1.12. The van der Waals surface area contributed by atoms with Crippen molar-refractivity contribution in [1.82, 2.24) is 0 Å². The van der Waals surface area contributed by atoms with Gasteiger partial charge in [0.25, 0.3) is 15.9 Å². The van der Waals surface area contributed by atoms with Gasteiger partial charge in [-0.1, -0.05) is 12.1 Å². The Balaban J connectivity index is 1.57. The van der Waals surface area contributed by atoms with Crippen molar-refractivity contribution >= 4 is 33.3 Å². The number of nitrogens with zero attached hydrogens (tertiary/aromatic N) is 1. The van der Waals surface area contributed by atoms with Crippen molar-refractivity contribution in [1.29, 1.82) is 0 Å². The second kappa shape index (κ2) is 10.1. The molecule has 1 aliphatic heterocycles. The monoisotopic (exact) mass is 496 g/mol. The third-order valence-electron chi connectivity index (χ3n) is 5.34. The molecule has 0 bridgehead atoms. The first-order valence-corrected chi connectivity index (χ1v) is 12.3. The minimum atomic E-state index is -3.99. The smallest absolute Gasteiger partial charge is 0.338 e. The Morgan fingerprint density at radius 3 is 2.37 bits per heavy atom. The van der Waals surface area contributed by atoms with Crippen molar-refractivity contribution in [2.24, 2.45) is 0 Å². The zero-order chi connectivity index (χ0) is 25.0. The van der Waals surface area contributed by atoms with Gasteiger partial charge in [-0.3, -0.25) is 9.10 Å². The van der Waals surface area contributed by atoms with Crippen LogP contribution < -0.4 is 19.1 Å². The van der Waals surface area contributed by atoms with E-state index in [9.17, 15) is 18.0 Å². The summed E-state index contributed by atoms with van der Waals surface area (Å²) in [7, 11) is -2.50. The first-order chi connectivity index (χ1) is 16.8. The maximum atomic E-state index is 13.5. The van der Waals surface area contributed by atoms with Gasteiger partial charge in [-0.05, 0) is 67.6 Å². The van der Waals surface area contributed by atoms with Crippen molar-refractivity contribution in [3.63, 3.8) is 0 Å². The van der Waals surface area contributed by atoms with E-state index in [-0.39, 0.29) is 23.8 Å². The quantitative estimate of drug-likeness (QED) is 0.499. The molecule has 3 aromatic rings. The van der Waals surface area contributed by atoms with Gasteiger partial charge in [0.1, 0.15) is 11.5 Å². The van der Waals surface area contributed by atoms with E-state index in [1.54, 1.807) is 55.5 Å². The Morgan fingerprint density at radius 1 is 1.03 bits per heavy atom. The number of fused-ring (bicyclic) bond motifs is 1. The van der Waals surface area contributed by atoms with Crippen LogP contribution in [-0.4, -0.2) is 46.7 Å². The van der Waals surface area contributed by atoms with Gasteiger partial charge in [0, 0.05) is 5.69 Å². The molecule has 1 aliphatic rings. The summed E-state index contributed by atoms with van der Waals surface area (Å²) in [6.07, 6.45) is -1.11. The summed E-state index contributed by atoms with van der Waals surface area (Å²) in [6, 6.07) is 18.8. The normalized spacial score (nSPS) is 14.9. The highest BCUT2D eigenvalue weighted by Crippen LogP contribution is 2.37. The molecule has 0 spiro atoms. The van der Waals surface area contributed by atoms with E-state index < -0.39 is 28.0 Å². The number of rotatable bonds is 7. The van der Waals surface area contributed by atoms with E-state index in [0.29, 0.717) is 22.7 Å². The fourth-order valence-corrected chi connectivity index (χ4v) is 5.04. The zero-order valence-corrected chi connectivity index (χ0v) is 19.9. The molecule has 0 aromatic heterocycles. The Kier molecular flexibility index (Phi) is 6.92. The second-order valence-corrected chi connectivity index (χ2v) is 9.44. The summed E-state index contributed by atoms with van der Waals surface area (Å²) in [5.74, 6) is -0.193. The number of nitrogens with one attached hydrogen (secondary N) is 1. The molecule has 1 atom stereocenters. The Morgan fingerprint density at radius 2 is 1.71 bits per heavy atom. The molecular weight excluding hydrogens is 472 g/mol. The summed E-state index contributed by atoms with van der Waals surface area (Å²) in [4.78, 5) is 24.9. The molecule has 35 heavy (non-hydrogen) atoms. The molecule has 3 aromatic carbocycles. The minimum Gasteiger partial charge on any atom is -0.497 e. The highest BCUT2D eigenvalue weighted by atomic mass is 32.2. The first-order valence-electron chi connectivity index (χ1n) is 10.8. The molecule has 0 saturated carbocycles. The summed E-state index contributed by atoms with van der Waals surface area (Å²) >= 11 is 0. The average molecular weight is 497 g/mol. The van der Waals surface area contributed by atoms with Crippen LogP contribution in [0.2, 0.25) is 0 Å².